The molecule has 3 nitrogen and oxygen atoms in total. The van der Waals surface area contributed by atoms with Crippen molar-refractivity contribution in [2.75, 3.05) is 13.2 Å². The third kappa shape index (κ3) is 1.37. The highest BCUT2D eigenvalue weighted by Gasteiger charge is 2.31. The van der Waals surface area contributed by atoms with Crippen LogP contribution in [0.1, 0.15) is 18.5 Å². The Labute approximate surface area is 75.7 Å². The summed E-state index contributed by atoms with van der Waals surface area (Å²) in [5.74, 6) is 0. The molecule has 1 aliphatic heterocycles. The van der Waals surface area contributed by atoms with Gasteiger partial charge in [-0.1, -0.05) is 0 Å². The van der Waals surface area contributed by atoms with Gasteiger partial charge in [-0.25, -0.2) is 0 Å². The van der Waals surface area contributed by atoms with E-state index in [-0.39, 0.29) is 5.54 Å². The minimum atomic E-state index is -0.321. The molecule has 1 saturated heterocycles. The molecular formula is C8H12N2OS. The second-order valence-corrected chi connectivity index (χ2v) is 3.86. The van der Waals surface area contributed by atoms with E-state index in [4.69, 9.17) is 10.5 Å². The molecular weight excluding hydrogens is 172 g/mol. The summed E-state index contributed by atoms with van der Waals surface area (Å²) in [7, 11) is 0. The highest BCUT2D eigenvalue weighted by atomic mass is 32.1. The molecule has 0 amide bonds. The lowest BCUT2D eigenvalue weighted by Crippen LogP contribution is -2.44. The van der Waals surface area contributed by atoms with Gasteiger partial charge in [0.15, 0.2) is 0 Å². The van der Waals surface area contributed by atoms with Crippen LogP contribution < -0.4 is 5.73 Å². The number of nitrogens with two attached hydrogens (primary N) is 1. The molecule has 0 radical (unpaired) electrons. The first kappa shape index (κ1) is 8.16. The molecule has 0 aromatic carbocycles. The Balaban J connectivity index is 2.19. The van der Waals surface area contributed by atoms with Gasteiger partial charge in [-0.05, 0) is 30.4 Å². The lowest BCUT2D eigenvalue weighted by molar-refractivity contribution is 0.0353. The minimum absolute atomic E-state index is 0.321. The van der Waals surface area contributed by atoms with Gasteiger partial charge in [-0.2, -0.15) is 4.37 Å². The average Bonchev–Trinajstić information content (AvgIpc) is 2.58. The zero-order valence-corrected chi connectivity index (χ0v) is 7.64. The molecule has 2 rings (SSSR count). The topological polar surface area (TPSA) is 48.1 Å². The number of aromatic nitrogens is 1. The van der Waals surface area contributed by atoms with E-state index in [1.807, 2.05) is 11.4 Å². The smallest absolute Gasteiger partial charge is 0.0832 e. The molecule has 4 heteroatoms. The average molecular weight is 184 g/mol. The summed E-state index contributed by atoms with van der Waals surface area (Å²) in [6.07, 6.45) is 2.02. The van der Waals surface area contributed by atoms with Gasteiger partial charge in [0.2, 0.25) is 0 Å². The summed E-state index contributed by atoms with van der Waals surface area (Å²) >= 11 is 1.45. The van der Waals surface area contributed by atoms with E-state index in [9.17, 15) is 0 Å². The van der Waals surface area contributed by atoms with Crippen molar-refractivity contribution < 1.29 is 4.74 Å². The van der Waals surface area contributed by atoms with E-state index in [1.54, 1.807) is 0 Å². The Morgan fingerprint density at radius 1 is 1.67 bits per heavy atom. The molecule has 1 fully saturated rings. The second-order valence-electron chi connectivity index (χ2n) is 3.20. The van der Waals surface area contributed by atoms with Crippen molar-refractivity contribution in [3.05, 3.63) is 17.1 Å². The zero-order valence-electron chi connectivity index (χ0n) is 6.82. The van der Waals surface area contributed by atoms with Crippen molar-refractivity contribution in [1.29, 1.82) is 0 Å². The first-order chi connectivity index (χ1) is 5.81. The quantitative estimate of drug-likeness (QED) is 0.711. The van der Waals surface area contributed by atoms with Crippen LogP contribution in [0.3, 0.4) is 0 Å². The molecule has 66 valence electrons. The van der Waals surface area contributed by atoms with Gasteiger partial charge in [0.1, 0.15) is 0 Å². The van der Waals surface area contributed by atoms with Crippen molar-refractivity contribution in [2.24, 2.45) is 5.73 Å². The zero-order chi connectivity index (χ0) is 8.44. The lowest BCUT2D eigenvalue weighted by atomic mass is 9.90. The number of ether oxygens (including phenoxy) is 1. The van der Waals surface area contributed by atoms with Gasteiger partial charge in [0.25, 0.3) is 0 Å². The van der Waals surface area contributed by atoms with E-state index < -0.39 is 0 Å². The van der Waals surface area contributed by atoms with E-state index in [0.717, 1.165) is 25.1 Å². The maximum atomic E-state index is 6.14. The van der Waals surface area contributed by atoms with Gasteiger partial charge in [-0.15, -0.1) is 0 Å². The summed E-state index contributed by atoms with van der Waals surface area (Å²) in [6, 6.07) is 1.99. The third-order valence-electron chi connectivity index (χ3n) is 2.22. The van der Waals surface area contributed by atoms with Crippen molar-refractivity contribution in [3.63, 3.8) is 0 Å². The molecule has 1 aromatic rings. The van der Waals surface area contributed by atoms with Crippen molar-refractivity contribution in [1.82, 2.24) is 4.37 Å². The Bertz CT molecular complexity index is 242. The van der Waals surface area contributed by atoms with Crippen LogP contribution in [0, 0.1) is 0 Å². The summed E-state index contributed by atoms with van der Waals surface area (Å²) in [5, 5.41) is 1.96. The van der Waals surface area contributed by atoms with Crippen LogP contribution in [0.4, 0.5) is 0 Å². The van der Waals surface area contributed by atoms with Crippen LogP contribution in [0.15, 0.2) is 11.4 Å². The molecule has 0 saturated carbocycles. The van der Waals surface area contributed by atoms with Crippen molar-refractivity contribution >= 4 is 11.5 Å². The maximum absolute atomic E-state index is 6.14. The van der Waals surface area contributed by atoms with E-state index in [1.165, 1.54) is 11.5 Å². The standard InChI is InChI=1S/C8H12N2OS/c9-8(3-1-4-11-6-8)7-2-5-12-10-7/h2,5H,1,3-4,6,9H2. The Morgan fingerprint density at radius 2 is 2.58 bits per heavy atom. The molecule has 2 N–H and O–H groups in total. The maximum Gasteiger partial charge on any atom is 0.0832 e. The number of rotatable bonds is 1. The first-order valence-corrected chi connectivity index (χ1v) is 4.92. The van der Waals surface area contributed by atoms with Crippen LogP contribution in [0.2, 0.25) is 0 Å². The number of hydrogen-bond acceptors (Lipinski definition) is 4. The fourth-order valence-electron chi connectivity index (χ4n) is 1.49. The predicted octanol–water partition coefficient (Wildman–Crippen LogP) is 1.11. The Hall–Kier alpha value is -0.450. The lowest BCUT2D eigenvalue weighted by Gasteiger charge is -2.31. The van der Waals surface area contributed by atoms with Crippen LogP contribution in [0.5, 0.6) is 0 Å². The monoisotopic (exact) mass is 184 g/mol. The number of hydrogen-bond donors (Lipinski definition) is 1. The summed E-state index contributed by atoms with van der Waals surface area (Å²) in [4.78, 5) is 0. The van der Waals surface area contributed by atoms with E-state index >= 15 is 0 Å². The highest BCUT2D eigenvalue weighted by Crippen LogP contribution is 2.26. The fourth-order valence-corrected chi connectivity index (χ4v) is 2.09. The molecule has 0 spiro atoms. The van der Waals surface area contributed by atoms with Crippen molar-refractivity contribution in [3.8, 4) is 0 Å². The number of nitrogens with zero attached hydrogens (tertiary/aromatic N) is 1. The molecule has 0 bridgehead atoms. The summed E-state index contributed by atoms with van der Waals surface area (Å²) in [5.41, 5.74) is 6.80. The van der Waals surface area contributed by atoms with Gasteiger partial charge in [0.05, 0.1) is 17.8 Å². The normalized spacial score (nSPS) is 30.4. The predicted molar refractivity (Wildman–Crippen MR) is 48.0 cm³/mol. The highest BCUT2D eigenvalue weighted by molar-refractivity contribution is 7.03. The van der Waals surface area contributed by atoms with Gasteiger partial charge >= 0.3 is 0 Å². The van der Waals surface area contributed by atoms with Gasteiger partial charge in [0, 0.05) is 12.0 Å². The summed E-state index contributed by atoms with van der Waals surface area (Å²) in [6.45, 7) is 1.44. The largest absolute Gasteiger partial charge is 0.379 e. The third-order valence-corrected chi connectivity index (χ3v) is 2.78. The van der Waals surface area contributed by atoms with Gasteiger partial charge < -0.3 is 10.5 Å². The molecule has 2 heterocycles. The molecule has 1 unspecified atom stereocenters. The summed E-state index contributed by atoms with van der Waals surface area (Å²) < 4.78 is 9.60. The Morgan fingerprint density at radius 3 is 3.17 bits per heavy atom. The van der Waals surface area contributed by atoms with Crippen LogP contribution in [-0.2, 0) is 10.3 Å². The second kappa shape index (κ2) is 3.12. The Kier molecular flexibility index (Phi) is 2.12. The van der Waals surface area contributed by atoms with E-state index in [0.29, 0.717) is 6.61 Å². The van der Waals surface area contributed by atoms with Gasteiger partial charge in [-0.3, -0.25) is 0 Å². The van der Waals surface area contributed by atoms with Crippen LogP contribution in [-0.4, -0.2) is 17.6 Å². The van der Waals surface area contributed by atoms with E-state index in [2.05, 4.69) is 4.37 Å². The molecule has 1 aromatic heterocycles. The van der Waals surface area contributed by atoms with Crippen molar-refractivity contribution in [2.45, 2.75) is 18.4 Å². The van der Waals surface area contributed by atoms with Crippen LogP contribution in [0.25, 0.3) is 0 Å². The molecule has 0 aliphatic carbocycles. The molecule has 1 atom stereocenters. The fraction of sp³-hybridized carbons (Fsp3) is 0.625. The minimum Gasteiger partial charge on any atom is -0.379 e. The molecule has 1 aliphatic rings. The SMILES string of the molecule is NC1(c2ccsn2)CCCOC1. The first-order valence-electron chi connectivity index (χ1n) is 4.09. The molecule has 12 heavy (non-hydrogen) atoms. The van der Waals surface area contributed by atoms with Crippen LogP contribution >= 0.6 is 11.5 Å².